The minimum atomic E-state index is 0.271. The Morgan fingerprint density at radius 2 is 1.70 bits per heavy atom. The first kappa shape index (κ1) is 18.6. The molecule has 0 N–H and O–H groups in total. The minimum absolute atomic E-state index is 0.271. The Morgan fingerprint density at radius 1 is 0.900 bits per heavy atom. The summed E-state index contributed by atoms with van der Waals surface area (Å²) in [6, 6.07) is 23.1. The maximum atomic E-state index is 5.61. The largest absolute Gasteiger partial charge is 0.379 e. The topological polar surface area (TPSA) is 15.7 Å². The summed E-state index contributed by atoms with van der Waals surface area (Å²) in [4.78, 5) is 5.16. The van der Waals surface area contributed by atoms with Crippen molar-refractivity contribution in [3.05, 3.63) is 82.9 Å². The molecule has 2 heterocycles. The van der Waals surface area contributed by atoms with Gasteiger partial charge in [0.1, 0.15) is 0 Å². The molecule has 3 aromatic carbocycles. The number of benzene rings is 3. The molecular weight excluding hydrogens is 368 g/mol. The normalized spacial score (nSPS) is 24.0. The van der Waals surface area contributed by atoms with E-state index in [4.69, 9.17) is 4.74 Å². The Labute approximate surface area is 179 Å². The van der Waals surface area contributed by atoms with Gasteiger partial charge in [-0.25, -0.2) is 0 Å². The van der Waals surface area contributed by atoms with Crippen LogP contribution >= 0.6 is 0 Å². The molecule has 3 aromatic rings. The van der Waals surface area contributed by atoms with Crippen LogP contribution in [0.3, 0.4) is 0 Å². The highest BCUT2D eigenvalue weighted by Gasteiger charge is 2.49. The van der Waals surface area contributed by atoms with Gasteiger partial charge in [0.15, 0.2) is 0 Å². The third kappa shape index (κ3) is 3.08. The Morgan fingerprint density at radius 3 is 2.50 bits per heavy atom. The van der Waals surface area contributed by atoms with E-state index in [-0.39, 0.29) is 5.54 Å². The maximum absolute atomic E-state index is 5.61. The molecule has 6 rings (SSSR count). The summed E-state index contributed by atoms with van der Waals surface area (Å²) in [7, 11) is 2.26. The van der Waals surface area contributed by atoms with Crippen LogP contribution in [-0.2, 0) is 16.8 Å². The van der Waals surface area contributed by atoms with Gasteiger partial charge >= 0.3 is 0 Å². The van der Waals surface area contributed by atoms with Crippen molar-refractivity contribution in [2.75, 3.05) is 39.9 Å². The first-order valence-electron chi connectivity index (χ1n) is 11.4. The molecule has 1 saturated heterocycles. The molecule has 2 aliphatic heterocycles. The van der Waals surface area contributed by atoms with Gasteiger partial charge in [-0.3, -0.25) is 4.90 Å². The molecule has 0 spiro atoms. The SMILES string of the molecule is CN1Cc2cc(C3(N4CCOCC4)CC3)ccc2C(c2ccc3ccccc3c2)C1. The standard InChI is InChI=1S/C27H30N2O/c1-28-18-23-17-24(27(10-11-27)29-12-14-30-15-13-29)8-9-25(23)26(19-28)22-7-6-20-4-2-3-5-21(20)16-22/h2-9,16-17,26H,10-15,18-19H2,1H3. The smallest absolute Gasteiger partial charge is 0.0594 e. The van der Waals surface area contributed by atoms with Crippen LogP contribution in [0.15, 0.2) is 60.7 Å². The van der Waals surface area contributed by atoms with Gasteiger partial charge in [-0.05, 0) is 52.9 Å². The number of hydrogen-bond acceptors (Lipinski definition) is 3. The number of nitrogens with zero attached hydrogens (tertiary/aromatic N) is 2. The average Bonchev–Trinajstić information content (AvgIpc) is 3.60. The van der Waals surface area contributed by atoms with Gasteiger partial charge in [-0.1, -0.05) is 60.7 Å². The molecule has 3 aliphatic rings. The van der Waals surface area contributed by atoms with Crippen LogP contribution in [-0.4, -0.2) is 49.7 Å². The predicted molar refractivity (Wildman–Crippen MR) is 122 cm³/mol. The second kappa shape index (κ2) is 7.19. The lowest BCUT2D eigenvalue weighted by atomic mass is 9.82. The van der Waals surface area contributed by atoms with E-state index in [1.165, 1.54) is 45.9 Å². The van der Waals surface area contributed by atoms with Crippen LogP contribution in [0.4, 0.5) is 0 Å². The zero-order chi connectivity index (χ0) is 20.1. The molecule has 0 amide bonds. The van der Waals surface area contributed by atoms with Crippen LogP contribution in [0.25, 0.3) is 10.8 Å². The lowest BCUT2D eigenvalue weighted by Gasteiger charge is -2.37. The van der Waals surface area contributed by atoms with Crippen molar-refractivity contribution in [2.45, 2.75) is 30.8 Å². The van der Waals surface area contributed by atoms with Crippen molar-refractivity contribution >= 4 is 10.8 Å². The quantitative estimate of drug-likeness (QED) is 0.634. The van der Waals surface area contributed by atoms with Gasteiger partial charge in [0, 0.05) is 37.6 Å². The van der Waals surface area contributed by atoms with E-state index < -0.39 is 0 Å². The summed E-state index contributed by atoms with van der Waals surface area (Å²) in [5.41, 5.74) is 6.26. The summed E-state index contributed by atoms with van der Waals surface area (Å²) >= 11 is 0. The van der Waals surface area contributed by atoms with E-state index in [9.17, 15) is 0 Å². The molecule has 1 atom stereocenters. The van der Waals surface area contributed by atoms with Gasteiger partial charge in [0.05, 0.1) is 13.2 Å². The zero-order valence-electron chi connectivity index (χ0n) is 17.8. The van der Waals surface area contributed by atoms with Crippen molar-refractivity contribution < 1.29 is 4.74 Å². The van der Waals surface area contributed by atoms with E-state index >= 15 is 0 Å². The molecule has 154 valence electrons. The summed E-state index contributed by atoms with van der Waals surface area (Å²) < 4.78 is 5.61. The second-order valence-corrected chi connectivity index (χ2v) is 9.40. The Bertz CT molecular complexity index is 1080. The second-order valence-electron chi connectivity index (χ2n) is 9.40. The number of fused-ring (bicyclic) bond motifs is 2. The lowest BCUT2D eigenvalue weighted by molar-refractivity contribution is 0.00831. The van der Waals surface area contributed by atoms with Crippen molar-refractivity contribution in [1.29, 1.82) is 0 Å². The van der Waals surface area contributed by atoms with Crippen molar-refractivity contribution in [2.24, 2.45) is 0 Å². The highest BCUT2D eigenvalue weighted by atomic mass is 16.5. The summed E-state index contributed by atoms with van der Waals surface area (Å²) in [6.45, 7) is 6.01. The minimum Gasteiger partial charge on any atom is -0.379 e. The van der Waals surface area contributed by atoms with E-state index in [1.54, 1.807) is 0 Å². The molecule has 1 saturated carbocycles. The van der Waals surface area contributed by atoms with E-state index in [1.807, 2.05) is 0 Å². The fourth-order valence-electron chi connectivity index (χ4n) is 5.74. The van der Waals surface area contributed by atoms with Gasteiger partial charge in [-0.15, -0.1) is 0 Å². The molecule has 0 aromatic heterocycles. The monoisotopic (exact) mass is 398 g/mol. The van der Waals surface area contributed by atoms with Crippen LogP contribution in [0, 0.1) is 0 Å². The number of morpholine rings is 1. The molecular formula is C27H30N2O. The highest BCUT2D eigenvalue weighted by Crippen LogP contribution is 2.52. The van der Waals surface area contributed by atoms with Crippen LogP contribution in [0.1, 0.15) is 41.0 Å². The van der Waals surface area contributed by atoms with E-state index in [0.29, 0.717) is 5.92 Å². The fourth-order valence-corrected chi connectivity index (χ4v) is 5.74. The number of ether oxygens (including phenoxy) is 1. The lowest BCUT2D eigenvalue weighted by Crippen LogP contribution is -2.43. The summed E-state index contributed by atoms with van der Waals surface area (Å²) in [5, 5.41) is 2.66. The Kier molecular flexibility index (Phi) is 4.45. The van der Waals surface area contributed by atoms with Gasteiger partial charge in [0.2, 0.25) is 0 Å². The Balaban J connectivity index is 1.37. The summed E-state index contributed by atoms with van der Waals surface area (Å²) in [6.07, 6.45) is 2.57. The maximum Gasteiger partial charge on any atom is 0.0594 e. The fraction of sp³-hybridized carbons (Fsp3) is 0.407. The molecule has 30 heavy (non-hydrogen) atoms. The molecule has 0 radical (unpaired) electrons. The average molecular weight is 399 g/mol. The molecule has 3 heteroatoms. The zero-order valence-corrected chi connectivity index (χ0v) is 17.8. The highest BCUT2D eigenvalue weighted by molar-refractivity contribution is 5.83. The van der Waals surface area contributed by atoms with E-state index in [2.05, 4.69) is 77.5 Å². The first-order valence-corrected chi connectivity index (χ1v) is 11.4. The van der Waals surface area contributed by atoms with Crippen molar-refractivity contribution in [3.8, 4) is 0 Å². The molecule has 3 nitrogen and oxygen atoms in total. The van der Waals surface area contributed by atoms with Gasteiger partial charge < -0.3 is 9.64 Å². The van der Waals surface area contributed by atoms with E-state index in [0.717, 1.165) is 39.4 Å². The van der Waals surface area contributed by atoms with Crippen LogP contribution in [0.5, 0.6) is 0 Å². The van der Waals surface area contributed by atoms with Crippen molar-refractivity contribution in [3.63, 3.8) is 0 Å². The van der Waals surface area contributed by atoms with Crippen molar-refractivity contribution in [1.82, 2.24) is 9.80 Å². The predicted octanol–water partition coefficient (Wildman–Crippen LogP) is 4.74. The third-order valence-electron chi connectivity index (χ3n) is 7.51. The number of rotatable bonds is 3. The summed E-state index contributed by atoms with van der Waals surface area (Å²) in [5.74, 6) is 0.441. The molecule has 0 bridgehead atoms. The first-order chi connectivity index (χ1) is 14.7. The van der Waals surface area contributed by atoms with Gasteiger partial charge in [0.25, 0.3) is 0 Å². The molecule has 1 unspecified atom stereocenters. The van der Waals surface area contributed by atoms with Crippen LogP contribution < -0.4 is 0 Å². The molecule has 1 aliphatic carbocycles. The molecule has 2 fully saturated rings. The number of hydrogen-bond donors (Lipinski definition) is 0. The van der Waals surface area contributed by atoms with Crippen LogP contribution in [0.2, 0.25) is 0 Å². The third-order valence-corrected chi connectivity index (χ3v) is 7.51. The van der Waals surface area contributed by atoms with Gasteiger partial charge in [-0.2, -0.15) is 0 Å². The number of likely N-dealkylation sites (N-methyl/N-ethyl adjacent to an activating group) is 1. The Hall–Kier alpha value is -2.20.